The van der Waals surface area contributed by atoms with Gasteiger partial charge in [0.1, 0.15) is 0 Å². The van der Waals surface area contributed by atoms with Crippen LogP contribution in [0.2, 0.25) is 0 Å². The van der Waals surface area contributed by atoms with Gasteiger partial charge in [0.05, 0.1) is 18.3 Å². The molecule has 1 saturated carbocycles. The lowest BCUT2D eigenvalue weighted by Gasteiger charge is -2.39. The standard InChI is InChI=1S/C15H31NO2/c1-6-16-10-15(5,17)11-18-13-7-12(2)8-14(3,4)9-13/h12-13,16-17H,6-11H2,1-5H3. The van der Waals surface area contributed by atoms with E-state index in [1.165, 1.54) is 6.42 Å². The van der Waals surface area contributed by atoms with Crippen molar-refractivity contribution in [1.82, 2.24) is 5.32 Å². The number of likely N-dealkylation sites (N-methyl/N-ethyl adjacent to an activating group) is 1. The molecule has 0 heterocycles. The first kappa shape index (κ1) is 15.9. The second-order valence-electron chi connectivity index (χ2n) is 7.12. The molecule has 18 heavy (non-hydrogen) atoms. The van der Waals surface area contributed by atoms with E-state index in [1.807, 2.05) is 13.8 Å². The predicted molar refractivity (Wildman–Crippen MR) is 75.7 cm³/mol. The Labute approximate surface area is 112 Å². The number of hydrogen-bond donors (Lipinski definition) is 2. The average molecular weight is 257 g/mol. The third-order valence-electron chi connectivity index (χ3n) is 3.73. The largest absolute Gasteiger partial charge is 0.386 e. The van der Waals surface area contributed by atoms with E-state index in [9.17, 15) is 5.11 Å². The van der Waals surface area contributed by atoms with Gasteiger partial charge in [-0.3, -0.25) is 0 Å². The summed E-state index contributed by atoms with van der Waals surface area (Å²) in [7, 11) is 0. The fraction of sp³-hybridized carbons (Fsp3) is 1.00. The normalized spacial score (nSPS) is 31.0. The van der Waals surface area contributed by atoms with Crippen LogP contribution < -0.4 is 5.32 Å². The zero-order valence-corrected chi connectivity index (χ0v) is 12.8. The molecule has 0 saturated heterocycles. The van der Waals surface area contributed by atoms with Crippen molar-refractivity contribution in [2.75, 3.05) is 19.7 Å². The highest BCUT2D eigenvalue weighted by atomic mass is 16.5. The van der Waals surface area contributed by atoms with Crippen LogP contribution in [0.3, 0.4) is 0 Å². The van der Waals surface area contributed by atoms with Gasteiger partial charge in [-0.1, -0.05) is 27.7 Å². The van der Waals surface area contributed by atoms with E-state index < -0.39 is 5.60 Å². The number of aliphatic hydroxyl groups is 1. The van der Waals surface area contributed by atoms with Gasteiger partial charge in [0, 0.05) is 6.54 Å². The zero-order valence-electron chi connectivity index (χ0n) is 12.8. The molecule has 1 aliphatic carbocycles. The molecule has 3 unspecified atom stereocenters. The van der Waals surface area contributed by atoms with Gasteiger partial charge in [0.2, 0.25) is 0 Å². The van der Waals surface area contributed by atoms with E-state index in [-0.39, 0.29) is 0 Å². The second-order valence-corrected chi connectivity index (χ2v) is 7.12. The van der Waals surface area contributed by atoms with Gasteiger partial charge in [-0.15, -0.1) is 0 Å². The van der Waals surface area contributed by atoms with Crippen LogP contribution >= 0.6 is 0 Å². The van der Waals surface area contributed by atoms with E-state index in [1.54, 1.807) is 0 Å². The first-order valence-electron chi connectivity index (χ1n) is 7.29. The molecule has 0 aromatic rings. The van der Waals surface area contributed by atoms with Gasteiger partial charge in [-0.25, -0.2) is 0 Å². The van der Waals surface area contributed by atoms with E-state index in [2.05, 4.69) is 26.1 Å². The molecule has 2 N–H and O–H groups in total. The van der Waals surface area contributed by atoms with Crippen LogP contribution in [0.25, 0.3) is 0 Å². The van der Waals surface area contributed by atoms with E-state index in [0.29, 0.717) is 24.7 Å². The van der Waals surface area contributed by atoms with Crippen molar-refractivity contribution >= 4 is 0 Å². The zero-order chi connectivity index (χ0) is 13.8. The molecule has 108 valence electrons. The molecule has 0 radical (unpaired) electrons. The Morgan fingerprint density at radius 3 is 2.61 bits per heavy atom. The van der Waals surface area contributed by atoms with Gasteiger partial charge in [-0.2, -0.15) is 0 Å². The van der Waals surface area contributed by atoms with Gasteiger partial charge >= 0.3 is 0 Å². The second kappa shape index (κ2) is 6.36. The third-order valence-corrected chi connectivity index (χ3v) is 3.73. The third kappa shape index (κ3) is 5.68. The molecule has 3 atom stereocenters. The molecular weight excluding hydrogens is 226 g/mol. The van der Waals surface area contributed by atoms with Crippen LogP contribution in [0.4, 0.5) is 0 Å². The van der Waals surface area contributed by atoms with Gasteiger partial charge in [0.25, 0.3) is 0 Å². The molecule has 3 heteroatoms. The lowest BCUT2D eigenvalue weighted by atomic mass is 9.71. The summed E-state index contributed by atoms with van der Waals surface area (Å²) < 4.78 is 5.96. The molecule has 1 rings (SSSR count). The highest BCUT2D eigenvalue weighted by Gasteiger charge is 2.33. The minimum Gasteiger partial charge on any atom is -0.386 e. The Morgan fingerprint density at radius 1 is 1.39 bits per heavy atom. The Hall–Kier alpha value is -0.120. The average Bonchev–Trinajstić information content (AvgIpc) is 2.21. The summed E-state index contributed by atoms with van der Waals surface area (Å²) in [6.45, 7) is 12.7. The van der Waals surface area contributed by atoms with Crippen LogP contribution in [0.15, 0.2) is 0 Å². The number of ether oxygens (including phenoxy) is 1. The van der Waals surface area contributed by atoms with E-state index in [0.717, 1.165) is 25.3 Å². The quantitative estimate of drug-likeness (QED) is 0.768. The summed E-state index contributed by atoms with van der Waals surface area (Å²) in [6, 6.07) is 0. The topological polar surface area (TPSA) is 41.5 Å². The lowest BCUT2D eigenvalue weighted by Crippen LogP contribution is -2.44. The van der Waals surface area contributed by atoms with E-state index in [4.69, 9.17) is 4.74 Å². The predicted octanol–water partition coefficient (Wildman–Crippen LogP) is 2.58. The van der Waals surface area contributed by atoms with Crippen molar-refractivity contribution in [2.24, 2.45) is 11.3 Å². The first-order valence-corrected chi connectivity index (χ1v) is 7.29. The number of rotatable bonds is 6. The summed E-state index contributed by atoms with van der Waals surface area (Å²) in [5, 5.41) is 13.4. The molecule has 1 aliphatic rings. The van der Waals surface area contributed by atoms with E-state index >= 15 is 0 Å². The highest BCUT2D eigenvalue weighted by Crippen LogP contribution is 2.39. The van der Waals surface area contributed by atoms with Gasteiger partial charge in [0.15, 0.2) is 0 Å². The Kier molecular flexibility index (Phi) is 5.63. The molecule has 0 aromatic carbocycles. The van der Waals surface area contributed by atoms with Crippen molar-refractivity contribution < 1.29 is 9.84 Å². The van der Waals surface area contributed by atoms with Crippen molar-refractivity contribution in [2.45, 2.75) is 65.6 Å². The minimum absolute atomic E-state index is 0.303. The summed E-state index contributed by atoms with van der Waals surface area (Å²) in [4.78, 5) is 0. The van der Waals surface area contributed by atoms with Crippen LogP contribution in [0, 0.1) is 11.3 Å². The van der Waals surface area contributed by atoms with Gasteiger partial charge in [-0.05, 0) is 44.1 Å². The Morgan fingerprint density at radius 2 is 2.06 bits per heavy atom. The molecule has 1 fully saturated rings. The first-order chi connectivity index (χ1) is 8.24. The fourth-order valence-corrected chi connectivity index (χ4v) is 3.13. The van der Waals surface area contributed by atoms with Crippen LogP contribution in [0.5, 0.6) is 0 Å². The molecular formula is C15H31NO2. The fourth-order valence-electron chi connectivity index (χ4n) is 3.13. The monoisotopic (exact) mass is 257 g/mol. The summed E-state index contributed by atoms with van der Waals surface area (Å²) in [5.41, 5.74) is -0.392. The molecule has 0 aliphatic heterocycles. The van der Waals surface area contributed by atoms with Crippen molar-refractivity contribution in [1.29, 1.82) is 0 Å². The maximum Gasteiger partial charge on any atom is 0.0975 e. The van der Waals surface area contributed by atoms with Gasteiger partial charge < -0.3 is 15.2 Å². The minimum atomic E-state index is -0.763. The maximum atomic E-state index is 10.2. The van der Waals surface area contributed by atoms with Crippen molar-refractivity contribution in [3.05, 3.63) is 0 Å². The number of nitrogens with one attached hydrogen (secondary N) is 1. The molecule has 0 amide bonds. The van der Waals surface area contributed by atoms with Crippen LogP contribution in [-0.2, 0) is 4.74 Å². The smallest absolute Gasteiger partial charge is 0.0975 e. The SMILES string of the molecule is CCNCC(C)(O)COC1CC(C)CC(C)(C)C1. The number of hydrogen-bond acceptors (Lipinski definition) is 3. The lowest BCUT2D eigenvalue weighted by molar-refractivity contribution is -0.0896. The maximum absolute atomic E-state index is 10.2. The molecule has 0 aromatic heterocycles. The molecule has 0 spiro atoms. The summed E-state index contributed by atoms with van der Waals surface area (Å²) in [5.74, 6) is 0.720. The summed E-state index contributed by atoms with van der Waals surface area (Å²) in [6.07, 6.45) is 3.81. The molecule has 3 nitrogen and oxygen atoms in total. The van der Waals surface area contributed by atoms with Crippen LogP contribution in [0.1, 0.15) is 53.9 Å². The Bertz CT molecular complexity index is 251. The molecule has 0 bridgehead atoms. The Balaban J connectivity index is 2.38. The summed E-state index contributed by atoms with van der Waals surface area (Å²) >= 11 is 0. The van der Waals surface area contributed by atoms with Crippen LogP contribution in [-0.4, -0.2) is 36.5 Å². The highest BCUT2D eigenvalue weighted by molar-refractivity contribution is 4.84. The van der Waals surface area contributed by atoms with Crippen molar-refractivity contribution in [3.8, 4) is 0 Å². The van der Waals surface area contributed by atoms with Crippen molar-refractivity contribution in [3.63, 3.8) is 0 Å².